The minimum Gasteiger partial charge on any atom is -0.481 e. The lowest BCUT2D eigenvalue weighted by atomic mass is 9.76. The summed E-state index contributed by atoms with van der Waals surface area (Å²) in [6.45, 7) is 24.7. The van der Waals surface area contributed by atoms with Gasteiger partial charge in [-0.1, -0.05) is 84.9 Å². The van der Waals surface area contributed by atoms with Gasteiger partial charge in [0.25, 0.3) is 0 Å². The van der Waals surface area contributed by atoms with Gasteiger partial charge in [-0.3, -0.25) is 24.1 Å². The second-order valence-corrected chi connectivity index (χ2v) is 17.9. The number of hydrogen-bond donors (Lipinski definition) is 3. The van der Waals surface area contributed by atoms with Gasteiger partial charge < -0.3 is 30.1 Å². The van der Waals surface area contributed by atoms with Crippen LogP contribution in [0.5, 0.6) is 0 Å². The molecule has 4 amide bonds. The van der Waals surface area contributed by atoms with Gasteiger partial charge in [0, 0.05) is 31.5 Å². The van der Waals surface area contributed by atoms with E-state index in [9.17, 15) is 33.9 Å². The van der Waals surface area contributed by atoms with E-state index in [0.717, 1.165) is 5.56 Å². The first-order valence-electron chi connectivity index (χ1n) is 18.4. The number of carboxylic acids is 1. The summed E-state index contributed by atoms with van der Waals surface area (Å²) in [6, 6.07) is 5.32. The molecule has 1 aromatic carbocycles. The van der Waals surface area contributed by atoms with Gasteiger partial charge in [0.2, 0.25) is 17.7 Å². The molecule has 0 fully saturated rings. The van der Waals surface area contributed by atoms with Crippen molar-refractivity contribution in [2.24, 2.45) is 11.3 Å². The predicted octanol–water partition coefficient (Wildman–Crippen LogP) is 5.85. The highest BCUT2D eigenvalue weighted by atomic mass is 16.6. The largest absolute Gasteiger partial charge is 0.481 e. The van der Waals surface area contributed by atoms with Crippen molar-refractivity contribution in [1.29, 1.82) is 0 Å². The molecular weight excluding hydrogens is 692 g/mol. The minimum absolute atomic E-state index is 0.173. The number of benzene rings is 1. The molecule has 0 aliphatic heterocycles. The van der Waals surface area contributed by atoms with E-state index in [-0.39, 0.29) is 24.3 Å². The number of carbonyl (C=O) groups is 6. The van der Waals surface area contributed by atoms with Crippen LogP contribution in [0, 0.1) is 11.3 Å². The summed E-state index contributed by atoms with van der Waals surface area (Å²) in [5.41, 5.74) is -2.41. The Morgan fingerprint density at radius 1 is 0.796 bits per heavy atom. The third-order valence-electron chi connectivity index (χ3n) is 8.82. The lowest BCUT2D eigenvalue weighted by Gasteiger charge is -2.42. The highest BCUT2D eigenvalue weighted by molar-refractivity contribution is 5.96. The number of hydrogen-bond acceptors (Lipinski definition) is 8. The van der Waals surface area contributed by atoms with E-state index in [1.54, 1.807) is 54.7 Å². The van der Waals surface area contributed by atoms with Crippen molar-refractivity contribution >= 4 is 35.8 Å². The van der Waals surface area contributed by atoms with Gasteiger partial charge in [-0.2, -0.15) is 0 Å². The molecule has 13 nitrogen and oxygen atoms in total. The Hall–Kier alpha value is -4.42. The molecule has 0 heterocycles. The third kappa shape index (κ3) is 14.4. The summed E-state index contributed by atoms with van der Waals surface area (Å²) < 4.78 is 11.1. The van der Waals surface area contributed by atoms with Crippen LogP contribution in [0.1, 0.15) is 115 Å². The third-order valence-corrected chi connectivity index (χ3v) is 8.82. The number of aliphatic carboxylic acids is 1. The average Bonchev–Trinajstić information content (AvgIpc) is 3.01. The maximum absolute atomic E-state index is 14.5. The number of carbonyl (C=O) groups excluding carboxylic acids is 5. The first kappa shape index (κ1) is 47.6. The number of nitrogens with zero attached hydrogens (tertiary/aromatic N) is 2. The normalized spacial score (nSPS) is 14.9. The van der Waals surface area contributed by atoms with Gasteiger partial charge in [-0.25, -0.2) is 9.59 Å². The molecule has 0 spiro atoms. The Labute approximate surface area is 322 Å². The lowest BCUT2D eigenvalue weighted by Crippen LogP contribution is -2.63. The van der Waals surface area contributed by atoms with Crippen LogP contribution in [0.4, 0.5) is 4.79 Å². The molecule has 304 valence electrons. The molecule has 1 unspecified atom stereocenters. The Kier molecular flexibility index (Phi) is 16.5. The quantitative estimate of drug-likeness (QED) is 0.147. The van der Waals surface area contributed by atoms with Crippen LogP contribution >= 0.6 is 0 Å². The van der Waals surface area contributed by atoms with E-state index in [0.29, 0.717) is 0 Å². The monoisotopic (exact) mass is 758 g/mol. The molecule has 0 radical (unpaired) electrons. The zero-order chi connectivity index (χ0) is 42.1. The van der Waals surface area contributed by atoms with Gasteiger partial charge in [-0.15, -0.1) is 0 Å². The number of amides is 4. The van der Waals surface area contributed by atoms with E-state index in [2.05, 4.69) is 10.6 Å². The zero-order valence-electron chi connectivity index (χ0n) is 35.4. The summed E-state index contributed by atoms with van der Waals surface area (Å²) >= 11 is 0. The molecule has 4 atom stereocenters. The van der Waals surface area contributed by atoms with Crippen molar-refractivity contribution in [3.05, 3.63) is 47.5 Å². The predicted molar refractivity (Wildman–Crippen MR) is 208 cm³/mol. The smallest absolute Gasteiger partial charge is 0.410 e. The molecule has 1 aromatic rings. The standard InChI is InChI=1S/C41H66N4O9/c1-25(2)29(24-26(3)33(48)42-28(22-23-30(46)47)36(51)53-39(7,8)9)44(15)35(50)31(38(4,5)6)43-34(49)32(45(16)37(52)54-40(10,11)12)41(13,14)27-20-18-17-19-21-27/h17-21,24-25,28-29,31-32H,22-23H2,1-16H3,(H,42,48)(H,43,49)(H,46,47)/b26-24+/t28-,29+,31?,32+/m0/s1. The number of rotatable bonds is 15. The molecule has 0 saturated carbocycles. The Bertz CT molecular complexity index is 1520. The van der Waals surface area contributed by atoms with E-state index in [4.69, 9.17) is 9.47 Å². The lowest BCUT2D eigenvalue weighted by molar-refractivity contribution is -0.158. The molecule has 13 heteroatoms. The first-order chi connectivity index (χ1) is 24.4. The van der Waals surface area contributed by atoms with Crippen molar-refractivity contribution in [3.63, 3.8) is 0 Å². The van der Waals surface area contributed by atoms with E-state index in [1.165, 1.54) is 23.8 Å². The SMILES string of the molecule is C/C(=C\[C@H](C(C)C)N(C)C(=O)C(NC(=O)[C@@H](N(C)C(=O)OC(C)(C)C)C(C)(C)c1ccccc1)C(C)(C)C)C(=O)N[C@@H](CCC(=O)O)C(=O)OC(C)(C)C. The molecule has 0 bridgehead atoms. The Morgan fingerprint density at radius 3 is 1.76 bits per heavy atom. The van der Waals surface area contributed by atoms with Crippen LogP contribution in [0.15, 0.2) is 42.0 Å². The van der Waals surface area contributed by atoms with Crippen molar-refractivity contribution in [2.45, 2.75) is 151 Å². The Morgan fingerprint density at radius 2 is 1.31 bits per heavy atom. The summed E-state index contributed by atoms with van der Waals surface area (Å²) in [4.78, 5) is 82.7. The number of esters is 1. The van der Waals surface area contributed by atoms with Gasteiger partial charge in [0.15, 0.2) is 0 Å². The molecule has 0 aliphatic carbocycles. The van der Waals surface area contributed by atoms with Crippen molar-refractivity contribution in [1.82, 2.24) is 20.4 Å². The highest BCUT2D eigenvalue weighted by Crippen LogP contribution is 2.32. The molecule has 0 saturated heterocycles. The van der Waals surface area contributed by atoms with Gasteiger partial charge >= 0.3 is 18.0 Å². The van der Waals surface area contributed by atoms with Gasteiger partial charge in [0.05, 0.1) is 6.04 Å². The van der Waals surface area contributed by atoms with Crippen LogP contribution in [-0.2, 0) is 38.9 Å². The van der Waals surface area contributed by atoms with Gasteiger partial charge in [-0.05, 0) is 71.8 Å². The second-order valence-electron chi connectivity index (χ2n) is 17.9. The van der Waals surface area contributed by atoms with E-state index < -0.39 is 82.0 Å². The maximum Gasteiger partial charge on any atom is 0.410 e. The zero-order valence-corrected chi connectivity index (χ0v) is 35.4. The van der Waals surface area contributed by atoms with Crippen molar-refractivity contribution < 1.29 is 43.3 Å². The minimum atomic E-state index is -1.21. The van der Waals surface area contributed by atoms with Crippen LogP contribution in [-0.4, -0.2) is 100 Å². The average molecular weight is 759 g/mol. The summed E-state index contributed by atoms with van der Waals surface area (Å²) in [7, 11) is 3.10. The fourth-order valence-corrected chi connectivity index (χ4v) is 5.92. The summed E-state index contributed by atoms with van der Waals surface area (Å²) in [5, 5.41) is 14.8. The molecule has 54 heavy (non-hydrogen) atoms. The fourth-order valence-electron chi connectivity index (χ4n) is 5.92. The molecule has 0 aliphatic rings. The Balaban J connectivity index is 3.56. The summed E-state index contributed by atoms with van der Waals surface area (Å²) in [5.74, 6) is -3.69. The maximum atomic E-state index is 14.5. The van der Waals surface area contributed by atoms with E-state index >= 15 is 0 Å². The van der Waals surface area contributed by atoms with Crippen LogP contribution in [0.3, 0.4) is 0 Å². The highest BCUT2D eigenvalue weighted by Gasteiger charge is 2.46. The molecular formula is C41H66N4O9. The molecule has 1 rings (SSSR count). The molecule has 3 N–H and O–H groups in total. The number of nitrogens with one attached hydrogen (secondary N) is 2. The van der Waals surface area contributed by atoms with Crippen LogP contribution in [0.25, 0.3) is 0 Å². The summed E-state index contributed by atoms with van der Waals surface area (Å²) in [6.07, 6.45) is 0.377. The number of carboxylic acid groups (broad SMARTS) is 1. The van der Waals surface area contributed by atoms with Crippen LogP contribution < -0.4 is 10.6 Å². The fraction of sp³-hybridized carbons (Fsp3) is 0.659. The number of ether oxygens (including phenoxy) is 2. The van der Waals surface area contributed by atoms with Crippen LogP contribution in [0.2, 0.25) is 0 Å². The topological polar surface area (TPSA) is 172 Å². The molecule has 0 aromatic heterocycles. The number of likely N-dealkylation sites (N-methyl/N-ethyl adjacent to an activating group) is 2. The van der Waals surface area contributed by atoms with Crippen molar-refractivity contribution in [3.8, 4) is 0 Å². The van der Waals surface area contributed by atoms with Crippen molar-refractivity contribution in [2.75, 3.05) is 14.1 Å². The second kappa shape index (κ2) is 18.8. The van der Waals surface area contributed by atoms with E-state index in [1.807, 2.05) is 78.8 Å². The first-order valence-corrected chi connectivity index (χ1v) is 18.4. The van der Waals surface area contributed by atoms with Gasteiger partial charge in [0.1, 0.15) is 29.3 Å².